The molecule has 7 heteroatoms. The first kappa shape index (κ1) is 20.5. The minimum atomic E-state index is -0.639. The molecule has 0 atom stereocenters. The molecule has 0 saturated carbocycles. The van der Waals surface area contributed by atoms with Crippen molar-refractivity contribution in [3.63, 3.8) is 0 Å². The molecule has 0 unspecified atom stereocenters. The lowest BCUT2D eigenvalue weighted by Gasteiger charge is -2.13. The molecule has 0 aliphatic rings. The summed E-state index contributed by atoms with van der Waals surface area (Å²) in [6, 6.07) is 18.8. The SMILES string of the molecule is COc1cccc(/C=N\NC(=O)c2ccccc2F)c1OCc1ccc(Br)cc1. The third kappa shape index (κ3) is 5.42. The Balaban J connectivity index is 1.74. The van der Waals surface area contributed by atoms with Crippen LogP contribution in [0.1, 0.15) is 21.5 Å². The predicted molar refractivity (Wildman–Crippen MR) is 113 cm³/mol. The Morgan fingerprint density at radius 2 is 1.86 bits per heavy atom. The fourth-order valence-electron chi connectivity index (χ4n) is 2.55. The predicted octanol–water partition coefficient (Wildman–Crippen LogP) is 4.94. The maximum Gasteiger partial charge on any atom is 0.274 e. The smallest absolute Gasteiger partial charge is 0.274 e. The van der Waals surface area contributed by atoms with Crippen LogP contribution in [-0.4, -0.2) is 19.2 Å². The van der Waals surface area contributed by atoms with Gasteiger partial charge in [-0.1, -0.05) is 46.3 Å². The number of nitrogens with zero attached hydrogens (tertiary/aromatic N) is 1. The summed E-state index contributed by atoms with van der Waals surface area (Å²) in [6.45, 7) is 0.329. The quantitative estimate of drug-likeness (QED) is 0.404. The van der Waals surface area contributed by atoms with E-state index in [4.69, 9.17) is 9.47 Å². The second-order valence-electron chi connectivity index (χ2n) is 5.97. The fraction of sp³-hybridized carbons (Fsp3) is 0.0909. The summed E-state index contributed by atoms with van der Waals surface area (Å²) in [5.41, 5.74) is 3.83. The highest BCUT2D eigenvalue weighted by molar-refractivity contribution is 9.10. The number of ether oxygens (including phenoxy) is 2. The molecular formula is C22H18BrFN2O3. The maximum atomic E-state index is 13.7. The van der Waals surface area contributed by atoms with Gasteiger partial charge in [-0.3, -0.25) is 4.79 Å². The molecule has 3 rings (SSSR count). The molecule has 1 N–H and O–H groups in total. The van der Waals surface area contributed by atoms with Crippen molar-refractivity contribution in [3.05, 3.63) is 93.7 Å². The lowest BCUT2D eigenvalue weighted by atomic mass is 10.2. The van der Waals surface area contributed by atoms with Crippen molar-refractivity contribution in [1.82, 2.24) is 5.43 Å². The number of hydrazone groups is 1. The van der Waals surface area contributed by atoms with Crippen molar-refractivity contribution in [2.24, 2.45) is 5.10 Å². The van der Waals surface area contributed by atoms with Crippen LogP contribution in [-0.2, 0) is 6.61 Å². The Hall–Kier alpha value is -3.19. The Morgan fingerprint density at radius 1 is 1.10 bits per heavy atom. The van der Waals surface area contributed by atoms with Crippen LogP contribution in [0.25, 0.3) is 0 Å². The molecular weight excluding hydrogens is 439 g/mol. The van der Waals surface area contributed by atoms with Crippen LogP contribution >= 0.6 is 15.9 Å². The number of para-hydroxylation sites is 1. The topological polar surface area (TPSA) is 59.9 Å². The van der Waals surface area contributed by atoms with Crippen LogP contribution in [0.4, 0.5) is 4.39 Å². The van der Waals surface area contributed by atoms with Crippen LogP contribution in [0, 0.1) is 5.82 Å². The van der Waals surface area contributed by atoms with E-state index in [1.54, 1.807) is 31.4 Å². The van der Waals surface area contributed by atoms with Gasteiger partial charge in [-0.15, -0.1) is 0 Å². The summed E-state index contributed by atoms with van der Waals surface area (Å²) in [5.74, 6) is -0.229. The largest absolute Gasteiger partial charge is 0.493 e. The average molecular weight is 457 g/mol. The Kier molecular flexibility index (Phi) is 6.97. The maximum absolute atomic E-state index is 13.7. The molecule has 3 aromatic rings. The van der Waals surface area contributed by atoms with Gasteiger partial charge in [0.25, 0.3) is 5.91 Å². The molecule has 5 nitrogen and oxygen atoms in total. The Bertz CT molecular complexity index is 1020. The van der Waals surface area contributed by atoms with Gasteiger partial charge in [-0.25, -0.2) is 9.82 Å². The number of hydrogen-bond donors (Lipinski definition) is 1. The Morgan fingerprint density at radius 3 is 2.59 bits per heavy atom. The van der Waals surface area contributed by atoms with Gasteiger partial charge in [-0.2, -0.15) is 5.10 Å². The van der Waals surface area contributed by atoms with Gasteiger partial charge in [0, 0.05) is 10.0 Å². The third-order valence-corrected chi connectivity index (χ3v) is 4.54. The first-order valence-electron chi connectivity index (χ1n) is 8.70. The molecule has 0 saturated heterocycles. The summed E-state index contributed by atoms with van der Waals surface area (Å²) in [4.78, 5) is 12.1. The number of benzene rings is 3. The molecule has 0 spiro atoms. The number of nitrogens with one attached hydrogen (secondary N) is 1. The minimum absolute atomic E-state index is 0.0815. The summed E-state index contributed by atoms with van der Waals surface area (Å²) >= 11 is 3.40. The number of rotatable bonds is 7. The van der Waals surface area contributed by atoms with Gasteiger partial charge in [0.05, 0.1) is 18.9 Å². The van der Waals surface area contributed by atoms with Crippen molar-refractivity contribution < 1.29 is 18.7 Å². The molecule has 0 aliphatic carbocycles. The zero-order valence-electron chi connectivity index (χ0n) is 15.6. The summed E-state index contributed by atoms with van der Waals surface area (Å²) in [6.07, 6.45) is 1.43. The zero-order valence-corrected chi connectivity index (χ0v) is 17.1. The van der Waals surface area contributed by atoms with Crippen LogP contribution in [0.3, 0.4) is 0 Å². The van der Waals surface area contributed by atoms with E-state index < -0.39 is 11.7 Å². The zero-order chi connectivity index (χ0) is 20.6. The number of carbonyl (C=O) groups excluding carboxylic acids is 1. The standard InChI is InChI=1S/C22H18BrFN2O3/c1-28-20-8-4-5-16(21(20)29-14-15-9-11-17(23)12-10-15)13-25-26-22(27)18-6-2-3-7-19(18)24/h2-13H,14H2,1H3,(H,26,27)/b25-13-. The van der Waals surface area contributed by atoms with Crippen molar-refractivity contribution >= 4 is 28.1 Å². The van der Waals surface area contributed by atoms with E-state index in [0.29, 0.717) is 23.7 Å². The van der Waals surface area contributed by atoms with Gasteiger partial charge >= 0.3 is 0 Å². The highest BCUT2D eigenvalue weighted by Gasteiger charge is 2.11. The fourth-order valence-corrected chi connectivity index (χ4v) is 2.82. The third-order valence-electron chi connectivity index (χ3n) is 4.01. The van der Waals surface area contributed by atoms with Crippen LogP contribution in [0.15, 0.2) is 76.3 Å². The van der Waals surface area contributed by atoms with Gasteiger partial charge in [0.2, 0.25) is 0 Å². The van der Waals surface area contributed by atoms with Crippen molar-refractivity contribution in [3.8, 4) is 11.5 Å². The molecule has 0 aliphatic heterocycles. The van der Waals surface area contributed by atoms with Gasteiger partial charge in [0.15, 0.2) is 11.5 Å². The molecule has 0 aromatic heterocycles. The molecule has 29 heavy (non-hydrogen) atoms. The lowest BCUT2D eigenvalue weighted by molar-refractivity contribution is 0.0951. The van der Waals surface area contributed by atoms with Crippen molar-refractivity contribution in [2.75, 3.05) is 7.11 Å². The number of carbonyl (C=O) groups is 1. The normalized spacial score (nSPS) is 10.7. The number of amides is 1. The molecule has 0 heterocycles. The highest BCUT2D eigenvalue weighted by Crippen LogP contribution is 2.31. The van der Waals surface area contributed by atoms with E-state index in [0.717, 1.165) is 10.0 Å². The second kappa shape index (κ2) is 9.84. The van der Waals surface area contributed by atoms with E-state index >= 15 is 0 Å². The summed E-state index contributed by atoms with van der Waals surface area (Å²) in [5, 5.41) is 3.93. The van der Waals surface area contributed by atoms with Crippen LogP contribution in [0.5, 0.6) is 11.5 Å². The van der Waals surface area contributed by atoms with Gasteiger partial charge < -0.3 is 9.47 Å². The number of halogens is 2. The first-order valence-corrected chi connectivity index (χ1v) is 9.50. The van der Waals surface area contributed by atoms with Crippen molar-refractivity contribution in [1.29, 1.82) is 0 Å². The van der Waals surface area contributed by atoms with E-state index in [-0.39, 0.29) is 5.56 Å². The highest BCUT2D eigenvalue weighted by atomic mass is 79.9. The van der Waals surface area contributed by atoms with Crippen LogP contribution in [0.2, 0.25) is 0 Å². The van der Waals surface area contributed by atoms with E-state index in [2.05, 4.69) is 26.5 Å². The summed E-state index contributed by atoms with van der Waals surface area (Å²) in [7, 11) is 1.54. The van der Waals surface area contributed by atoms with Gasteiger partial charge in [-0.05, 0) is 42.0 Å². The van der Waals surface area contributed by atoms with E-state index in [9.17, 15) is 9.18 Å². The lowest BCUT2D eigenvalue weighted by Crippen LogP contribution is -2.19. The molecule has 0 fully saturated rings. The summed E-state index contributed by atoms with van der Waals surface area (Å²) < 4.78 is 26.0. The van der Waals surface area contributed by atoms with Gasteiger partial charge in [0.1, 0.15) is 12.4 Å². The number of methoxy groups -OCH3 is 1. The monoisotopic (exact) mass is 456 g/mol. The molecule has 3 aromatic carbocycles. The van der Waals surface area contributed by atoms with Crippen molar-refractivity contribution in [2.45, 2.75) is 6.61 Å². The van der Waals surface area contributed by atoms with Crippen LogP contribution < -0.4 is 14.9 Å². The van der Waals surface area contributed by atoms with E-state index in [1.165, 1.54) is 24.4 Å². The average Bonchev–Trinajstić information content (AvgIpc) is 2.74. The van der Waals surface area contributed by atoms with E-state index in [1.807, 2.05) is 24.3 Å². The minimum Gasteiger partial charge on any atom is -0.493 e. The number of hydrogen-bond acceptors (Lipinski definition) is 4. The second-order valence-corrected chi connectivity index (χ2v) is 6.89. The molecule has 1 amide bonds. The Labute approximate surface area is 176 Å². The molecule has 0 bridgehead atoms. The first-order chi connectivity index (χ1) is 14.1. The molecule has 0 radical (unpaired) electrons. The molecule has 148 valence electrons.